The Morgan fingerprint density at radius 2 is 1.64 bits per heavy atom. The highest BCUT2D eigenvalue weighted by Crippen LogP contribution is 2.40. The SMILES string of the molecule is O=C(O)C(Cc1ccc(F)cc1)NC(=O)C1CC[C@H](c2ccccc2)N1S(=O)(=O)c1cccc(F)c1. The Morgan fingerprint density at radius 1 is 0.944 bits per heavy atom. The van der Waals surface area contributed by atoms with Crippen LogP contribution in [0.2, 0.25) is 0 Å². The van der Waals surface area contributed by atoms with Crippen LogP contribution < -0.4 is 5.32 Å². The van der Waals surface area contributed by atoms with E-state index in [4.69, 9.17) is 0 Å². The molecule has 2 N–H and O–H groups in total. The number of carboxylic acid groups (broad SMARTS) is 1. The number of halogens is 2. The van der Waals surface area contributed by atoms with E-state index in [2.05, 4.69) is 5.32 Å². The van der Waals surface area contributed by atoms with Crippen molar-refractivity contribution in [3.05, 3.63) is 102 Å². The lowest BCUT2D eigenvalue weighted by molar-refractivity contribution is -0.142. The highest BCUT2D eigenvalue weighted by molar-refractivity contribution is 7.89. The van der Waals surface area contributed by atoms with Gasteiger partial charge in [-0.05, 0) is 54.3 Å². The highest BCUT2D eigenvalue weighted by Gasteiger charge is 2.46. The predicted octanol–water partition coefficient (Wildman–Crippen LogP) is 3.67. The summed E-state index contributed by atoms with van der Waals surface area (Å²) >= 11 is 0. The van der Waals surface area contributed by atoms with Gasteiger partial charge in [-0.2, -0.15) is 4.31 Å². The monoisotopic (exact) mass is 514 g/mol. The fraction of sp³-hybridized carbons (Fsp3) is 0.231. The van der Waals surface area contributed by atoms with Crippen LogP contribution in [0, 0.1) is 11.6 Å². The molecule has 1 saturated heterocycles. The van der Waals surface area contributed by atoms with Gasteiger partial charge in [0.2, 0.25) is 15.9 Å². The fourth-order valence-electron chi connectivity index (χ4n) is 4.43. The smallest absolute Gasteiger partial charge is 0.326 e. The van der Waals surface area contributed by atoms with Crippen molar-refractivity contribution in [1.82, 2.24) is 9.62 Å². The number of amides is 1. The molecule has 0 spiro atoms. The van der Waals surface area contributed by atoms with Crippen molar-refractivity contribution in [2.24, 2.45) is 0 Å². The lowest BCUT2D eigenvalue weighted by atomic mass is 10.0. The zero-order valence-electron chi connectivity index (χ0n) is 19.1. The molecular weight excluding hydrogens is 490 g/mol. The van der Waals surface area contributed by atoms with E-state index >= 15 is 0 Å². The molecule has 3 aromatic carbocycles. The molecule has 2 unspecified atom stereocenters. The van der Waals surface area contributed by atoms with Gasteiger partial charge >= 0.3 is 5.97 Å². The van der Waals surface area contributed by atoms with Crippen LogP contribution in [0.4, 0.5) is 8.78 Å². The summed E-state index contributed by atoms with van der Waals surface area (Å²) < 4.78 is 55.5. The summed E-state index contributed by atoms with van der Waals surface area (Å²) in [7, 11) is -4.33. The Kier molecular flexibility index (Phi) is 7.46. The summed E-state index contributed by atoms with van der Waals surface area (Å²) in [4.78, 5) is 24.9. The van der Waals surface area contributed by atoms with Gasteiger partial charge in [0.1, 0.15) is 23.7 Å². The molecule has 1 aliphatic rings. The number of hydrogen-bond acceptors (Lipinski definition) is 4. The number of carbonyl (C=O) groups is 2. The minimum absolute atomic E-state index is 0.118. The molecule has 1 heterocycles. The van der Waals surface area contributed by atoms with Crippen LogP contribution >= 0.6 is 0 Å². The molecular formula is C26H24F2N2O5S. The first-order valence-corrected chi connectivity index (χ1v) is 12.7. The first kappa shape index (κ1) is 25.5. The van der Waals surface area contributed by atoms with Crippen LogP contribution in [0.15, 0.2) is 83.8 Å². The second-order valence-corrected chi connectivity index (χ2v) is 10.4. The maximum Gasteiger partial charge on any atom is 0.326 e. The highest BCUT2D eigenvalue weighted by atomic mass is 32.2. The van der Waals surface area contributed by atoms with E-state index in [0.29, 0.717) is 17.5 Å². The molecule has 3 atom stereocenters. The summed E-state index contributed by atoms with van der Waals surface area (Å²) in [5.74, 6) is -3.31. The van der Waals surface area contributed by atoms with Gasteiger partial charge in [-0.3, -0.25) is 4.79 Å². The largest absolute Gasteiger partial charge is 0.480 e. The number of carbonyl (C=O) groups excluding carboxylic acids is 1. The number of aliphatic carboxylic acids is 1. The van der Waals surface area contributed by atoms with Gasteiger partial charge in [-0.1, -0.05) is 48.5 Å². The van der Waals surface area contributed by atoms with Crippen molar-refractivity contribution in [2.75, 3.05) is 0 Å². The van der Waals surface area contributed by atoms with E-state index in [0.717, 1.165) is 16.4 Å². The van der Waals surface area contributed by atoms with E-state index in [9.17, 15) is 31.9 Å². The van der Waals surface area contributed by atoms with Crippen molar-refractivity contribution in [1.29, 1.82) is 0 Å². The maximum absolute atomic E-state index is 13.9. The van der Waals surface area contributed by atoms with Gasteiger partial charge < -0.3 is 10.4 Å². The van der Waals surface area contributed by atoms with Crippen molar-refractivity contribution >= 4 is 21.9 Å². The fourth-order valence-corrected chi connectivity index (χ4v) is 6.29. The zero-order chi connectivity index (χ0) is 25.9. The number of hydrogen-bond donors (Lipinski definition) is 2. The third kappa shape index (κ3) is 5.44. The molecule has 36 heavy (non-hydrogen) atoms. The first-order chi connectivity index (χ1) is 17.2. The number of rotatable bonds is 8. The molecule has 7 nitrogen and oxygen atoms in total. The van der Waals surface area contributed by atoms with Crippen LogP contribution in [-0.4, -0.2) is 41.8 Å². The van der Waals surface area contributed by atoms with E-state index in [-0.39, 0.29) is 17.7 Å². The maximum atomic E-state index is 13.9. The summed E-state index contributed by atoms with van der Waals surface area (Å²) in [6, 6.07) is 15.2. The van der Waals surface area contributed by atoms with E-state index in [1.165, 1.54) is 36.4 Å². The van der Waals surface area contributed by atoms with Crippen LogP contribution in [0.25, 0.3) is 0 Å². The van der Waals surface area contributed by atoms with Crippen LogP contribution in [0.1, 0.15) is 30.0 Å². The second-order valence-electron chi connectivity index (χ2n) is 8.54. The minimum atomic E-state index is -4.33. The van der Waals surface area contributed by atoms with Crippen molar-refractivity contribution in [3.8, 4) is 0 Å². The summed E-state index contributed by atoms with van der Waals surface area (Å²) in [6.45, 7) is 0. The Bertz CT molecular complexity index is 1350. The summed E-state index contributed by atoms with van der Waals surface area (Å²) in [5, 5.41) is 12.1. The molecule has 0 radical (unpaired) electrons. The normalized spacial score (nSPS) is 19.1. The summed E-state index contributed by atoms with van der Waals surface area (Å²) in [5.41, 5.74) is 1.15. The molecule has 1 aliphatic heterocycles. The average molecular weight is 515 g/mol. The average Bonchev–Trinajstić information content (AvgIpc) is 3.32. The number of sulfonamides is 1. The van der Waals surface area contributed by atoms with Crippen LogP contribution in [0.3, 0.4) is 0 Å². The number of benzene rings is 3. The third-order valence-electron chi connectivity index (χ3n) is 6.15. The minimum Gasteiger partial charge on any atom is -0.480 e. The van der Waals surface area contributed by atoms with E-state index in [1.807, 2.05) is 0 Å². The molecule has 0 aromatic heterocycles. The molecule has 10 heteroatoms. The second kappa shape index (κ2) is 10.5. The lowest BCUT2D eigenvalue weighted by Gasteiger charge is -2.30. The molecule has 188 valence electrons. The number of carboxylic acids is 1. The van der Waals surface area contributed by atoms with Gasteiger partial charge in [0.15, 0.2) is 0 Å². The standard InChI is InChI=1S/C26H24F2N2O5S/c27-19-11-9-17(10-12-19)15-22(26(32)33)29-25(31)24-14-13-23(18-5-2-1-3-6-18)30(24)36(34,35)21-8-4-7-20(28)16-21/h1-12,16,22-24H,13-15H2,(H,29,31)(H,32,33)/t22?,23-,24?/m1/s1. The predicted molar refractivity (Wildman–Crippen MR) is 127 cm³/mol. The topological polar surface area (TPSA) is 104 Å². The van der Waals surface area contributed by atoms with Crippen LogP contribution in [0.5, 0.6) is 0 Å². The lowest BCUT2D eigenvalue weighted by Crippen LogP contribution is -2.51. The molecule has 4 rings (SSSR count). The first-order valence-electron chi connectivity index (χ1n) is 11.3. The zero-order valence-corrected chi connectivity index (χ0v) is 19.9. The van der Waals surface area contributed by atoms with Crippen molar-refractivity contribution < 1.29 is 31.9 Å². The Morgan fingerprint density at radius 3 is 2.28 bits per heavy atom. The van der Waals surface area contributed by atoms with Crippen LogP contribution in [-0.2, 0) is 26.0 Å². The molecule has 0 aliphatic carbocycles. The van der Waals surface area contributed by atoms with E-state index in [1.54, 1.807) is 30.3 Å². The van der Waals surface area contributed by atoms with Gasteiger partial charge in [0.05, 0.1) is 10.9 Å². The Labute approximate surface area is 207 Å². The molecule has 0 saturated carbocycles. The Hall–Kier alpha value is -3.63. The van der Waals surface area contributed by atoms with E-state index < -0.39 is 51.7 Å². The molecule has 1 fully saturated rings. The van der Waals surface area contributed by atoms with Crippen molar-refractivity contribution in [2.45, 2.75) is 42.3 Å². The Balaban J connectivity index is 1.65. The van der Waals surface area contributed by atoms with Gasteiger partial charge in [-0.25, -0.2) is 22.0 Å². The molecule has 0 bridgehead atoms. The number of nitrogens with one attached hydrogen (secondary N) is 1. The van der Waals surface area contributed by atoms with Gasteiger partial charge in [0, 0.05) is 6.42 Å². The van der Waals surface area contributed by atoms with Gasteiger partial charge in [0.25, 0.3) is 0 Å². The summed E-state index contributed by atoms with van der Waals surface area (Å²) in [6.07, 6.45) is 0.335. The quantitative estimate of drug-likeness (QED) is 0.478. The third-order valence-corrected chi connectivity index (χ3v) is 8.07. The van der Waals surface area contributed by atoms with Crippen molar-refractivity contribution in [3.63, 3.8) is 0 Å². The molecule has 3 aromatic rings. The number of nitrogens with zero attached hydrogens (tertiary/aromatic N) is 1. The van der Waals surface area contributed by atoms with Gasteiger partial charge in [-0.15, -0.1) is 0 Å². The molecule has 1 amide bonds.